The molecular weight excluding hydrogens is 196 g/mol. The number of phenols is 1. The van der Waals surface area contributed by atoms with Gasteiger partial charge in [-0.2, -0.15) is 0 Å². The lowest BCUT2D eigenvalue weighted by molar-refractivity contribution is 0.460. The van der Waals surface area contributed by atoms with Crippen LogP contribution in [0.15, 0.2) is 12.1 Å². The second-order valence-electron chi connectivity index (χ2n) is 5.15. The average molecular weight is 220 g/mol. The Morgan fingerprint density at radius 3 is 2.44 bits per heavy atom. The van der Waals surface area contributed by atoms with Gasteiger partial charge >= 0.3 is 0 Å². The molecule has 0 heterocycles. The van der Waals surface area contributed by atoms with Crippen LogP contribution in [0.5, 0.6) is 5.75 Å². The van der Waals surface area contributed by atoms with Crippen LogP contribution in [0.1, 0.15) is 49.8 Å². The molecule has 1 heteroatoms. The first-order valence-corrected chi connectivity index (χ1v) is 6.30. The lowest BCUT2D eigenvalue weighted by Gasteiger charge is -2.10. The van der Waals surface area contributed by atoms with Gasteiger partial charge in [0, 0.05) is 0 Å². The van der Waals surface area contributed by atoms with Gasteiger partial charge in [-0.1, -0.05) is 38.8 Å². The zero-order valence-corrected chi connectivity index (χ0v) is 11.0. The van der Waals surface area contributed by atoms with E-state index in [-0.39, 0.29) is 0 Å². The molecule has 1 rings (SSSR count). The van der Waals surface area contributed by atoms with E-state index in [0.29, 0.717) is 5.75 Å². The van der Waals surface area contributed by atoms with Crippen molar-refractivity contribution in [1.29, 1.82) is 0 Å². The summed E-state index contributed by atoms with van der Waals surface area (Å²) in [6.07, 6.45) is 4.71. The molecule has 0 aliphatic carbocycles. The number of rotatable bonds is 5. The number of unbranched alkanes of at least 4 members (excludes halogenated alkanes) is 1. The van der Waals surface area contributed by atoms with Gasteiger partial charge in [-0.25, -0.2) is 0 Å². The summed E-state index contributed by atoms with van der Waals surface area (Å²) >= 11 is 0. The van der Waals surface area contributed by atoms with Crippen molar-refractivity contribution in [3.05, 3.63) is 28.8 Å². The van der Waals surface area contributed by atoms with Crippen molar-refractivity contribution >= 4 is 0 Å². The average Bonchev–Trinajstić information content (AvgIpc) is 2.23. The summed E-state index contributed by atoms with van der Waals surface area (Å²) in [5.41, 5.74) is 3.30. The molecule has 0 saturated heterocycles. The fraction of sp³-hybridized carbons (Fsp3) is 0.600. The lowest BCUT2D eigenvalue weighted by Crippen LogP contribution is -1.93. The highest BCUT2D eigenvalue weighted by molar-refractivity contribution is 5.44. The smallest absolute Gasteiger partial charge is 0.121 e. The molecule has 0 saturated carbocycles. The van der Waals surface area contributed by atoms with Crippen LogP contribution in [0.25, 0.3) is 0 Å². The quantitative estimate of drug-likeness (QED) is 0.730. The first-order valence-electron chi connectivity index (χ1n) is 6.30. The Morgan fingerprint density at radius 1 is 1.12 bits per heavy atom. The normalized spacial score (nSPS) is 11.1. The summed E-state index contributed by atoms with van der Waals surface area (Å²) in [6, 6.07) is 4.17. The summed E-state index contributed by atoms with van der Waals surface area (Å²) in [6.45, 7) is 8.54. The van der Waals surface area contributed by atoms with Crippen molar-refractivity contribution in [3.8, 4) is 5.75 Å². The van der Waals surface area contributed by atoms with Crippen LogP contribution >= 0.6 is 0 Å². The van der Waals surface area contributed by atoms with Gasteiger partial charge in [-0.3, -0.25) is 0 Å². The van der Waals surface area contributed by atoms with Gasteiger partial charge in [0.15, 0.2) is 0 Å². The molecule has 0 aromatic heterocycles. The third-order valence-electron chi connectivity index (χ3n) is 3.26. The summed E-state index contributed by atoms with van der Waals surface area (Å²) in [7, 11) is 0. The molecule has 16 heavy (non-hydrogen) atoms. The monoisotopic (exact) mass is 220 g/mol. The highest BCUT2D eigenvalue weighted by atomic mass is 16.3. The molecule has 0 spiro atoms. The van der Waals surface area contributed by atoms with Gasteiger partial charge in [0.05, 0.1) is 0 Å². The van der Waals surface area contributed by atoms with Crippen LogP contribution in [-0.4, -0.2) is 5.11 Å². The van der Waals surface area contributed by atoms with E-state index in [1.807, 2.05) is 13.8 Å². The standard InChI is InChI=1S/C15H24O/c1-11(2)7-5-6-8-14-10-9-12(3)13(4)15(14)16/h9-11,16H,5-8H2,1-4H3. The van der Waals surface area contributed by atoms with Crippen LogP contribution in [0.2, 0.25) is 0 Å². The highest BCUT2D eigenvalue weighted by Gasteiger charge is 2.06. The van der Waals surface area contributed by atoms with E-state index in [1.54, 1.807) is 0 Å². The highest BCUT2D eigenvalue weighted by Crippen LogP contribution is 2.26. The SMILES string of the molecule is Cc1ccc(CCCCC(C)C)c(O)c1C. The second kappa shape index (κ2) is 5.93. The molecule has 0 aliphatic rings. The topological polar surface area (TPSA) is 20.2 Å². The van der Waals surface area contributed by atoms with E-state index in [0.717, 1.165) is 23.5 Å². The van der Waals surface area contributed by atoms with E-state index in [2.05, 4.69) is 26.0 Å². The molecule has 0 unspecified atom stereocenters. The molecule has 0 fully saturated rings. The Kier molecular flexibility index (Phi) is 4.85. The summed E-state index contributed by atoms with van der Waals surface area (Å²) < 4.78 is 0. The van der Waals surface area contributed by atoms with Gasteiger partial charge in [0.25, 0.3) is 0 Å². The molecule has 1 nitrogen and oxygen atoms in total. The van der Waals surface area contributed by atoms with Crippen LogP contribution in [-0.2, 0) is 6.42 Å². The molecular formula is C15H24O. The maximum Gasteiger partial charge on any atom is 0.121 e. The number of hydrogen-bond donors (Lipinski definition) is 1. The van der Waals surface area contributed by atoms with E-state index >= 15 is 0 Å². The number of benzene rings is 1. The van der Waals surface area contributed by atoms with E-state index in [4.69, 9.17) is 0 Å². The first-order chi connectivity index (χ1) is 7.52. The maximum absolute atomic E-state index is 9.99. The molecule has 90 valence electrons. The van der Waals surface area contributed by atoms with E-state index in [9.17, 15) is 5.11 Å². The molecule has 0 bridgehead atoms. The molecule has 1 N–H and O–H groups in total. The third-order valence-corrected chi connectivity index (χ3v) is 3.26. The van der Waals surface area contributed by atoms with Crippen molar-refractivity contribution in [2.24, 2.45) is 5.92 Å². The van der Waals surface area contributed by atoms with Crippen molar-refractivity contribution < 1.29 is 5.11 Å². The Balaban J connectivity index is 2.52. The van der Waals surface area contributed by atoms with E-state index in [1.165, 1.54) is 24.8 Å². The number of aromatic hydroxyl groups is 1. The number of hydrogen-bond acceptors (Lipinski definition) is 1. The predicted octanol–water partition coefficient (Wildman–Crippen LogP) is 4.38. The van der Waals surface area contributed by atoms with Gasteiger partial charge in [-0.15, -0.1) is 0 Å². The largest absolute Gasteiger partial charge is 0.507 e. The molecule has 0 amide bonds. The van der Waals surface area contributed by atoms with Gasteiger partial charge in [-0.05, 0) is 49.3 Å². The molecule has 1 aromatic rings. The Morgan fingerprint density at radius 2 is 1.81 bits per heavy atom. The van der Waals surface area contributed by atoms with Crippen molar-refractivity contribution in [1.82, 2.24) is 0 Å². The minimum Gasteiger partial charge on any atom is -0.507 e. The molecule has 0 radical (unpaired) electrons. The lowest BCUT2D eigenvalue weighted by atomic mass is 9.98. The van der Waals surface area contributed by atoms with Crippen LogP contribution in [0.4, 0.5) is 0 Å². The molecule has 0 aliphatic heterocycles. The van der Waals surface area contributed by atoms with Crippen molar-refractivity contribution in [2.45, 2.75) is 53.4 Å². The number of aryl methyl sites for hydroxylation is 2. The van der Waals surface area contributed by atoms with Gasteiger partial charge in [0.1, 0.15) is 5.75 Å². The van der Waals surface area contributed by atoms with Crippen molar-refractivity contribution in [2.75, 3.05) is 0 Å². The Hall–Kier alpha value is -0.980. The second-order valence-corrected chi connectivity index (χ2v) is 5.15. The maximum atomic E-state index is 9.99. The third kappa shape index (κ3) is 3.55. The number of phenolic OH excluding ortho intramolecular Hbond substituents is 1. The van der Waals surface area contributed by atoms with Gasteiger partial charge < -0.3 is 5.11 Å². The van der Waals surface area contributed by atoms with Crippen LogP contribution in [0.3, 0.4) is 0 Å². The fourth-order valence-corrected chi connectivity index (χ4v) is 1.93. The zero-order chi connectivity index (χ0) is 12.1. The zero-order valence-electron chi connectivity index (χ0n) is 11.0. The first kappa shape index (κ1) is 13.1. The summed E-state index contributed by atoms with van der Waals surface area (Å²) in [5.74, 6) is 1.29. The summed E-state index contributed by atoms with van der Waals surface area (Å²) in [5, 5.41) is 9.99. The van der Waals surface area contributed by atoms with Crippen LogP contribution < -0.4 is 0 Å². The Labute approximate surface area is 99.5 Å². The fourth-order valence-electron chi connectivity index (χ4n) is 1.93. The van der Waals surface area contributed by atoms with Crippen LogP contribution in [0, 0.1) is 19.8 Å². The molecule has 0 atom stereocenters. The Bertz CT molecular complexity index is 340. The predicted molar refractivity (Wildman–Crippen MR) is 70.0 cm³/mol. The molecule has 1 aromatic carbocycles. The minimum atomic E-state index is 0.504. The van der Waals surface area contributed by atoms with E-state index < -0.39 is 0 Å². The summed E-state index contributed by atoms with van der Waals surface area (Å²) in [4.78, 5) is 0. The van der Waals surface area contributed by atoms with Gasteiger partial charge in [0.2, 0.25) is 0 Å². The van der Waals surface area contributed by atoms with Crippen molar-refractivity contribution in [3.63, 3.8) is 0 Å². The minimum absolute atomic E-state index is 0.504.